The monoisotopic (exact) mass is 328 g/mol. The molecule has 0 aromatic carbocycles. The lowest BCUT2D eigenvalue weighted by Gasteiger charge is -2.09. The molecule has 1 aromatic heterocycles. The minimum atomic E-state index is -4.61. The minimum absolute atomic E-state index is 0.140. The maximum absolute atomic E-state index is 11.9. The van der Waals surface area contributed by atoms with Crippen molar-refractivity contribution in [1.29, 1.82) is 0 Å². The summed E-state index contributed by atoms with van der Waals surface area (Å²) < 4.78 is 61.5. The van der Waals surface area contributed by atoms with Gasteiger partial charge in [0.2, 0.25) is 0 Å². The molecule has 1 aromatic rings. The smallest absolute Gasteiger partial charge is 0.384 e. The van der Waals surface area contributed by atoms with Gasteiger partial charge in [-0.1, -0.05) is 11.8 Å². The van der Waals surface area contributed by atoms with Crippen molar-refractivity contribution in [2.45, 2.75) is 12.7 Å². The Morgan fingerprint density at radius 3 is 2.60 bits per heavy atom. The Morgan fingerprint density at radius 1 is 1.30 bits per heavy atom. The van der Waals surface area contributed by atoms with Crippen LogP contribution in [0.25, 0.3) is 0 Å². The quantitative estimate of drug-likeness (QED) is 0.692. The number of alkyl halides is 3. The second kappa shape index (κ2) is 7.05. The highest BCUT2D eigenvalue weighted by Crippen LogP contribution is 2.15. The summed E-state index contributed by atoms with van der Waals surface area (Å²) in [4.78, 5) is 1.21. The maximum atomic E-state index is 11.9. The van der Waals surface area contributed by atoms with Crippen molar-refractivity contribution in [1.82, 2.24) is 9.44 Å². The van der Waals surface area contributed by atoms with Crippen LogP contribution in [0.1, 0.15) is 9.75 Å². The van der Waals surface area contributed by atoms with E-state index >= 15 is 0 Å². The number of hydrogen-bond donors (Lipinski definition) is 3. The normalized spacial score (nSPS) is 12.0. The summed E-state index contributed by atoms with van der Waals surface area (Å²) in [5, 5.41) is 8.51. The van der Waals surface area contributed by atoms with Crippen LogP contribution in [0.5, 0.6) is 0 Å². The van der Waals surface area contributed by atoms with Crippen LogP contribution in [-0.2, 0) is 16.8 Å². The summed E-state index contributed by atoms with van der Waals surface area (Å²) in [5.74, 6) is 5.06. The molecule has 20 heavy (non-hydrogen) atoms. The van der Waals surface area contributed by atoms with Gasteiger partial charge < -0.3 is 5.11 Å². The van der Waals surface area contributed by atoms with Crippen molar-refractivity contribution in [2.75, 3.05) is 13.2 Å². The Balaban J connectivity index is 2.52. The molecule has 10 heteroatoms. The van der Waals surface area contributed by atoms with Gasteiger partial charge >= 0.3 is 6.18 Å². The molecule has 0 aliphatic heterocycles. The van der Waals surface area contributed by atoms with Gasteiger partial charge in [0.25, 0.3) is 10.2 Å². The third kappa shape index (κ3) is 6.88. The third-order valence-electron chi connectivity index (χ3n) is 1.85. The SMILES string of the molecule is O=S(=O)(NCc1ccc(C#CCO)s1)NCC(F)(F)F. The van der Waals surface area contributed by atoms with Gasteiger partial charge in [-0.15, -0.1) is 11.3 Å². The maximum Gasteiger partial charge on any atom is 0.402 e. The van der Waals surface area contributed by atoms with E-state index in [1.807, 2.05) is 4.72 Å². The molecule has 0 aliphatic carbocycles. The second-order valence-electron chi connectivity index (χ2n) is 3.49. The summed E-state index contributed by atoms with van der Waals surface area (Å²) in [5.41, 5.74) is 0. The van der Waals surface area contributed by atoms with Gasteiger partial charge in [0.05, 0.1) is 4.88 Å². The van der Waals surface area contributed by atoms with Crippen LogP contribution in [0.3, 0.4) is 0 Å². The largest absolute Gasteiger partial charge is 0.402 e. The molecule has 0 amide bonds. The average molecular weight is 328 g/mol. The lowest BCUT2D eigenvalue weighted by Crippen LogP contribution is -2.41. The van der Waals surface area contributed by atoms with Crippen molar-refractivity contribution in [3.63, 3.8) is 0 Å². The molecule has 0 bridgehead atoms. The van der Waals surface area contributed by atoms with Gasteiger partial charge in [-0.05, 0) is 12.1 Å². The van der Waals surface area contributed by atoms with Gasteiger partial charge in [-0.25, -0.2) is 0 Å². The predicted molar refractivity (Wildman–Crippen MR) is 68.1 cm³/mol. The number of thiophene rings is 1. The first-order valence-corrected chi connectivity index (χ1v) is 7.51. The Morgan fingerprint density at radius 2 is 2.00 bits per heavy atom. The standard InChI is InChI=1S/C10H11F3N2O3S2/c11-10(12,13)7-15-20(17,18)14-6-9-4-3-8(19-9)2-1-5-16/h3-4,14-16H,5-7H2. The van der Waals surface area contributed by atoms with E-state index in [1.165, 1.54) is 16.1 Å². The van der Waals surface area contributed by atoms with Gasteiger partial charge in [0.1, 0.15) is 13.2 Å². The highest BCUT2D eigenvalue weighted by atomic mass is 32.2. The number of aliphatic hydroxyl groups excluding tert-OH is 1. The highest BCUT2D eigenvalue weighted by Gasteiger charge is 2.29. The molecule has 3 N–H and O–H groups in total. The van der Waals surface area contributed by atoms with Crippen molar-refractivity contribution in [2.24, 2.45) is 0 Å². The Kier molecular flexibility index (Phi) is 5.97. The number of rotatable bonds is 5. The van der Waals surface area contributed by atoms with Crippen LogP contribution in [0.4, 0.5) is 13.2 Å². The van der Waals surface area contributed by atoms with Crippen molar-refractivity contribution < 1.29 is 26.7 Å². The molecule has 1 rings (SSSR count). The van der Waals surface area contributed by atoms with E-state index in [9.17, 15) is 21.6 Å². The van der Waals surface area contributed by atoms with Gasteiger partial charge in [-0.3, -0.25) is 0 Å². The third-order valence-corrected chi connectivity index (χ3v) is 3.90. The van der Waals surface area contributed by atoms with Crippen molar-refractivity contribution in [3.05, 3.63) is 21.9 Å². The number of aliphatic hydroxyl groups is 1. The molecule has 0 fully saturated rings. The second-order valence-corrected chi connectivity index (χ2v) is 6.24. The molecule has 0 unspecified atom stereocenters. The van der Waals surface area contributed by atoms with Crippen LogP contribution in [0, 0.1) is 11.8 Å². The number of nitrogens with one attached hydrogen (secondary N) is 2. The molecule has 0 saturated heterocycles. The molecule has 0 saturated carbocycles. The first-order chi connectivity index (χ1) is 9.22. The van der Waals surface area contributed by atoms with Gasteiger partial charge in [0, 0.05) is 11.4 Å². The summed E-state index contributed by atoms with van der Waals surface area (Å²) in [6.45, 7) is -2.06. The minimum Gasteiger partial charge on any atom is -0.384 e. The van der Waals surface area contributed by atoms with E-state index in [0.717, 1.165) is 0 Å². The van der Waals surface area contributed by atoms with E-state index in [4.69, 9.17) is 5.11 Å². The first-order valence-electron chi connectivity index (χ1n) is 5.21. The van der Waals surface area contributed by atoms with E-state index in [-0.39, 0.29) is 13.2 Å². The molecule has 5 nitrogen and oxygen atoms in total. The van der Waals surface area contributed by atoms with Gasteiger partial charge in [-0.2, -0.15) is 31.0 Å². The van der Waals surface area contributed by atoms with E-state index < -0.39 is 22.9 Å². The zero-order valence-electron chi connectivity index (χ0n) is 9.99. The lowest BCUT2D eigenvalue weighted by molar-refractivity contribution is -0.121. The molecule has 1 heterocycles. The van der Waals surface area contributed by atoms with Crippen molar-refractivity contribution >= 4 is 21.5 Å². The predicted octanol–water partition coefficient (Wildman–Crippen LogP) is 0.578. The molecule has 0 atom stereocenters. The molecule has 0 radical (unpaired) electrons. The highest BCUT2D eigenvalue weighted by molar-refractivity contribution is 7.87. The van der Waals surface area contributed by atoms with Gasteiger partial charge in [0.15, 0.2) is 0 Å². The topological polar surface area (TPSA) is 78.4 Å². The van der Waals surface area contributed by atoms with Crippen LogP contribution in [-0.4, -0.2) is 32.9 Å². The fourth-order valence-corrected chi connectivity index (χ4v) is 2.78. The molecule has 0 aliphatic rings. The summed E-state index contributed by atoms with van der Waals surface area (Å²) in [6, 6.07) is 3.22. The summed E-state index contributed by atoms with van der Waals surface area (Å²) in [6.07, 6.45) is -4.61. The van der Waals surface area contributed by atoms with E-state index in [1.54, 1.807) is 12.1 Å². The summed E-state index contributed by atoms with van der Waals surface area (Å²) >= 11 is 1.18. The fraction of sp³-hybridized carbons (Fsp3) is 0.400. The summed E-state index contributed by atoms with van der Waals surface area (Å²) in [7, 11) is -4.21. The molecular formula is C10H11F3N2O3S2. The first kappa shape index (κ1) is 16.9. The van der Waals surface area contributed by atoms with E-state index in [0.29, 0.717) is 9.75 Å². The Bertz CT molecular complexity index is 599. The fourth-order valence-electron chi connectivity index (χ4n) is 1.06. The molecule has 0 spiro atoms. The Hall–Kier alpha value is -1.12. The van der Waals surface area contributed by atoms with Crippen LogP contribution < -0.4 is 9.44 Å². The zero-order valence-corrected chi connectivity index (χ0v) is 11.6. The average Bonchev–Trinajstić information content (AvgIpc) is 2.79. The number of hydrogen-bond acceptors (Lipinski definition) is 4. The zero-order chi connectivity index (χ0) is 15.2. The van der Waals surface area contributed by atoms with Crippen LogP contribution in [0.15, 0.2) is 12.1 Å². The number of halogens is 3. The molecule has 112 valence electrons. The van der Waals surface area contributed by atoms with Crippen molar-refractivity contribution in [3.8, 4) is 11.8 Å². The van der Waals surface area contributed by atoms with Crippen LogP contribution in [0.2, 0.25) is 0 Å². The van der Waals surface area contributed by atoms with Crippen LogP contribution >= 0.6 is 11.3 Å². The Labute approximate surface area is 118 Å². The lowest BCUT2D eigenvalue weighted by atomic mass is 10.4. The van der Waals surface area contributed by atoms with E-state index in [2.05, 4.69) is 11.8 Å². The molecular weight excluding hydrogens is 317 g/mol.